The Balaban J connectivity index is 4.56. The van der Waals surface area contributed by atoms with Crippen LogP contribution in [0.25, 0.3) is 0 Å². The third kappa shape index (κ3) is 6.69. The fraction of sp³-hybridized carbons (Fsp3) is 1.00. The molecule has 2 nitrogen and oxygen atoms in total. The molecule has 1 N–H and O–H groups in total. The lowest BCUT2D eigenvalue weighted by Crippen LogP contribution is -2.32. The van der Waals surface area contributed by atoms with E-state index in [-0.39, 0.29) is 10.8 Å². The van der Waals surface area contributed by atoms with E-state index in [0.717, 1.165) is 32.1 Å². The van der Waals surface area contributed by atoms with Crippen molar-refractivity contribution in [3.05, 3.63) is 0 Å². The van der Waals surface area contributed by atoms with E-state index < -0.39 is 6.29 Å². The van der Waals surface area contributed by atoms with Crippen molar-refractivity contribution in [1.29, 1.82) is 0 Å². The molecule has 0 saturated heterocycles. The summed E-state index contributed by atoms with van der Waals surface area (Å²) in [7, 11) is 0. The van der Waals surface area contributed by atoms with Crippen LogP contribution in [0.5, 0.6) is 0 Å². The number of rotatable bonds is 13. The van der Waals surface area contributed by atoms with Crippen molar-refractivity contribution < 1.29 is 9.84 Å². The molecule has 21 heavy (non-hydrogen) atoms. The molecule has 0 aromatic rings. The molecular weight excluding hydrogens is 260 g/mol. The number of hydrogen-bond acceptors (Lipinski definition) is 2. The van der Waals surface area contributed by atoms with E-state index >= 15 is 0 Å². The predicted molar refractivity (Wildman–Crippen MR) is 92.4 cm³/mol. The van der Waals surface area contributed by atoms with Crippen LogP contribution in [-0.4, -0.2) is 18.0 Å². The van der Waals surface area contributed by atoms with Crippen LogP contribution in [0.15, 0.2) is 0 Å². The standard InChI is InChI=1S/C19H40O2/c1-7-13-18(9-3,10-4)15-17(20)21-16-19(11-5,12-6)14-8-2/h17,20H,7-16H2,1-6H3. The maximum atomic E-state index is 10.4. The smallest absolute Gasteiger partial charge is 0.155 e. The van der Waals surface area contributed by atoms with Gasteiger partial charge in [0.05, 0.1) is 6.61 Å². The Hall–Kier alpha value is -0.0800. The second-order valence-electron chi connectivity index (χ2n) is 6.88. The van der Waals surface area contributed by atoms with Crippen LogP contribution in [0.4, 0.5) is 0 Å². The van der Waals surface area contributed by atoms with Crippen LogP contribution in [0.1, 0.15) is 99.3 Å². The Bertz CT molecular complexity index is 242. The van der Waals surface area contributed by atoms with Crippen molar-refractivity contribution in [3.8, 4) is 0 Å². The Morgan fingerprint density at radius 3 is 1.57 bits per heavy atom. The SMILES string of the molecule is CCCC(CC)(CC)COC(O)CC(CC)(CC)CCC. The summed E-state index contributed by atoms with van der Waals surface area (Å²) in [6.45, 7) is 14.1. The summed E-state index contributed by atoms with van der Waals surface area (Å²) in [4.78, 5) is 0. The molecule has 0 aliphatic heterocycles. The average molecular weight is 301 g/mol. The first-order valence-corrected chi connectivity index (χ1v) is 9.26. The van der Waals surface area contributed by atoms with Gasteiger partial charge in [0.1, 0.15) is 0 Å². The minimum absolute atomic E-state index is 0.250. The van der Waals surface area contributed by atoms with Gasteiger partial charge >= 0.3 is 0 Å². The van der Waals surface area contributed by atoms with E-state index in [1.54, 1.807) is 0 Å². The molecule has 1 atom stereocenters. The van der Waals surface area contributed by atoms with E-state index in [9.17, 15) is 5.11 Å². The molecule has 128 valence electrons. The molecule has 0 aliphatic rings. The molecule has 0 rings (SSSR count). The van der Waals surface area contributed by atoms with Gasteiger partial charge in [-0.2, -0.15) is 0 Å². The predicted octanol–water partition coefficient (Wildman–Crippen LogP) is 5.92. The monoisotopic (exact) mass is 300 g/mol. The first kappa shape index (κ1) is 20.9. The molecule has 0 bridgehead atoms. The number of hydrogen-bond donors (Lipinski definition) is 1. The van der Waals surface area contributed by atoms with Gasteiger partial charge in [-0.1, -0.05) is 67.2 Å². The van der Waals surface area contributed by atoms with Gasteiger partial charge < -0.3 is 9.84 Å². The second kappa shape index (κ2) is 10.6. The van der Waals surface area contributed by atoms with Gasteiger partial charge in [-0.25, -0.2) is 0 Å². The lowest BCUT2D eigenvalue weighted by atomic mass is 9.75. The fourth-order valence-corrected chi connectivity index (χ4v) is 3.64. The molecule has 0 saturated carbocycles. The zero-order valence-electron chi connectivity index (χ0n) is 15.5. The molecule has 0 radical (unpaired) electrons. The third-order valence-electron chi connectivity index (χ3n) is 5.75. The molecule has 1 unspecified atom stereocenters. The van der Waals surface area contributed by atoms with Crippen molar-refractivity contribution in [3.63, 3.8) is 0 Å². The normalized spacial score (nSPS) is 14.4. The van der Waals surface area contributed by atoms with Crippen LogP contribution in [0.3, 0.4) is 0 Å². The molecule has 0 fully saturated rings. The van der Waals surface area contributed by atoms with E-state index in [0.29, 0.717) is 6.61 Å². The van der Waals surface area contributed by atoms with E-state index in [2.05, 4.69) is 41.5 Å². The zero-order chi connectivity index (χ0) is 16.4. The molecular formula is C19H40O2. The fourth-order valence-electron chi connectivity index (χ4n) is 3.64. The van der Waals surface area contributed by atoms with Gasteiger partial charge in [-0.15, -0.1) is 0 Å². The third-order valence-corrected chi connectivity index (χ3v) is 5.75. The van der Waals surface area contributed by atoms with Crippen LogP contribution in [0.2, 0.25) is 0 Å². The Morgan fingerprint density at radius 1 is 0.762 bits per heavy atom. The summed E-state index contributed by atoms with van der Waals surface area (Å²) in [6, 6.07) is 0. The van der Waals surface area contributed by atoms with Crippen LogP contribution in [-0.2, 0) is 4.74 Å². The van der Waals surface area contributed by atoms with Crippen molar-refractivity contribution in [1.82, 2.24) is 0 Å². The lowest BCUT2D eigenvalue weighted by molar-refractivity contribution is -0.149. The largest absolute Gasteiger partial charge is 0.368 e. The first-order valence-electron chi connectivity index (χ1n) is 9.26. The maximum absolute atomic E-state index is 10.4. The minimum atomic E-state index is -0.606. The average Bonchev–Trinajstić information content (AvgIpc) is 2.51. The minimum Gasteiger partial charge on any atom is -0.368 e. The van der Waals surface area contributed by atoms with Gasteiger partial charge in [0, 0.05) is 6.42 Å². The molecule has 0 heterocycles. The van der Waals surface area contributed by atoms with E-state index in [1.807, 2.05) is 0 Å². The molecule has 0 aliphatic carbocycles. The second-order valence-corrected chi connectivity index (χ2v) is 6.88. The molecule has 0 amide bonds. The summed E-state index contributed by atoms with van der Waals surface area (Å²) in [5, 5.41) is 10.4. The van der Waals surface area contributed by atoms with Crippen molar-refractivity contribution >= 4 is 0 Å². The summed E-state index contributed by atoms with van der Waals surface area (Å²) in [5.41, 5.74) is 0.502. The first-order chi connectivity index (χ1) is 9.96. The Labute approximate surface area is 133 Å². The highest BCUT2D eigenvalue weighted by Gasteiger charge is 2.31. The molecule has 0 spiro atoms. The molecule has 0 aromatic carbocycles. The van der Waals surface area contributed by atoms with Gasteiger partial charge in [-0.05, 0) is 36.5 Å². The van der Waals surface area contributed by atoms with Crippen LogP contribution < -0.4 is 0 Å². The van der Waals surface area contributed by atoms with E-state index in [1.165, 1.54) is 25.7 Å². The lowest BCUT2D eigenvalue weighted by Gasteiger charge is -2.36. The number of aliphatic hydroxyl groups is 1. The van der Waals surface area contributed by atoms with Crippen molar-refractivity contribution in [2.24, 2.45) is 10.8 Å². The van der Waals surface area contributed by atoms with E-state index in [4.69, 9.17) is 4.74 Å². The quantitative estimate of drug-likeness (QED) is 0.427. The van der Waals surface area contributed by atoms with Crippen LogP contribution >= 0.6 is 0 Å². The maximum Gasteiger partial charge on any atom is 0.155 e. The number of aliphatic hydroxyl groups excluding tert-OH is 1. The summed E-state index contributed by atoms with van der Waals surface area (Å²) in [6.07, 6.45) is 9.42. The van der Waals surface area contributed by atoms with Gasteiger partial charge in [-0.3, -0.25) is 0 Å². The summed E-state index contributed by atoms with van der Waals surface area (Å²) < 4.78 is 5.90. The highest BCUT2D eigenvalue weighted by Crippen LogP contribution is 2.38. The summed E-state index contributed by atoms with van der Waals surface area (Å²) >= 11 is 0. The van der Waals surface area contributed by atoms with Gasteiger partial charge in [0.25, 0.3) is 0 Å². The molecule has 2 heteroatoms. The topological polar surface area (TPSA) is 29.5 Å². The summed E-state index contributed by atoms with van der Waals surface area (Å²) in [5.74, 6) is 0. The highest BCUT2D eigenvalue weighted by molar-refractivity contribution is 4.79. The van der Waals surface area contributed by atoms with Crippen molar-refractivity contribution in [2.45, 2.75) is 106 Å². The van der Waals surface area contributed by atoms with Crippen molar-refractivity contribution in [2.75, 3.05) is 6.61 Å². The number of ether oxygens (including phenoxy) is 1. The Kier molecular flexibility index (Phi) is 10.6. The zero-order valence-corrected chi connectivity index (χ0v) is 15.5. The Morgan fingerprint density at radius 2 is 1.19 bits per heavy atom. The van der Waals surface area contributed by atoms with Crippen LogP contribution in [0, 0.1) is 10.8 Å². The highest BCUT2D eigenvalue weighted by atomic mass is 16.6. The molecule has 0 aromatic heterocycles. The van der Waals surface area contributed by atoms with Gasteiger partial charge in [0.2, 0.25) is 0 Å². The van der Waals surface area contributed by atoms with Gasteiger partial charge in [0.15, 0.2) is 6.29 Å².